The molecule has 0 aromatic carbocycles. The van der Waals surface area contributed by atoms with E-state index in [2.05, 4.69) is 20.3 Å². The van der Waals surface area contributed by atoms with Crippen LogP contribution in [0.2, 0.25) is 0 Å². The van der Waals surface area contributed by atoms with E-state index in [1.807, 2.05) is 0 Å². The fourth-order valence-electron chi connectivity index (χ4n) is 2.67. The lowest BCUT2D eigenvalue weighted by Crippen LogP contribution is -2.19. The Labute approximate surface area is 153 Å². The second kappa shape index (κ2) is 6.95. The van der Waals surface area contributed by atoms with Gasteiger partial charge in [0, 0.05) is 18.6 Å². The lowest BCUT2D eigenvalue weighted by Gasteiger charge is -2.19. The number of hydrogen-bond donors (Lipinski definition) is 1. The van der Waals surface area contributed by atoms with Crippen molar-refractivity contribution >= 4 is 15.8 Å². The van der Waals surface area contributed by atoms with Crippen LogP contribution in [-0.4, -0.2) is 58.4 Å². The van der Waals surface area contributed by atoms with Crippen LogP contribution in [0.1, 0.15) is 34.5 Å². The van der Waals surface area contributed by atoms with Crippen LogP contribution >= 0.6 is 0 Å². The van der Waals surface area contributed by atoms with Gasteiger partial charge in [-0.3, -0.25) is 4.79 Å². The van der Waals surface area contributed by atoms with Gasteiger partial charge in [-0.05, 0) is 13.3 Å². The molecule has 0 radical (unpaired) electrons. The van der Waals surface area contributed by atoms with Crippen molar-refractivity contribution in [2.75, 3.05) is 19.1 Å². The molecule has 1 aromatic heterocycles. The summed E-state index contributed by atoms with van der Waals surface area (Å²) in [7, 11) is -2.07. The summed E-state index contributed by atoms with van der Waals surface area (Å²) in [6, 6.07) is -0.706. The molecule has 2 aliphatic heterocycles. The summed E-state index contributed by atoms with van der Waals surface area (Å²) < 4.78 is 34.7. The number of nitrogens with zero attached hydrogens (tertiary/aromatic N) is 4. The van der Waals surface area contributed by atoms with Crippen LogP contribution in [0.4, 0.5) is 0 Å². The number of fused-ring (bicyclic) bond motifs is 1. The molecule has 0 fully saturated rings. The summed E-state index contributed by atoms with van der Waals surface area (Å²) in [4.78, 5) is 28.3. The first-order valence-electron chi connectivity index (χ1n) is 7.85. The number of rotatable bonds is 6. The van der Waals surface area contributed by atoms with Gasteiger partial charge in [0.25, 0.3) is 5.56 Å². The fourth-order valence-corrected chi connectivity index (χ4v) is 3.32. The molecule has 0 spiro atoms. The van der Waals surface area contributed by atoms with Crippen molar-refractivity contribution < 1.29 is 22.5 Å². The number of sulfone groups is 1. The van der Waals surface area contributed by atoms with Crippen molar-refractivity contribution in [3.8, 4) is 11.3 Å². The quantitative estimate of drug-likeness (QED) is 0.576. The first-order chi connectivity index (χ1) is 12.7. The molecule has 0 saturated carbocycles. The monoisotopic (exact) mass is 395 g/mol. The molecule has 0 bridgehead atoms. The average molecular weight is 395 g/mol. The molecule has 0 saturated heterocycles. The first-order valence-corrected chi connectivity index (χ1v) is 9.91. The van der Waals surface area contributed by atoms with Crippen LogP contribution in [-0.2, 0) is 14.6 Å². The van der Waals surface area contributed by atoms with Crippen LogP contribution in [0.3, 0.4) is 0 Å². The number of hydrogen-bond acceptors (Lipinski definition) is 9. The fraction of sp³-hybridized carbons (Fsp3) is 0.400. The Hall–Kier alpha value is -3.02. The standard InChI is InChI=1S/C15H17N5O6S/c1-8-16-14(26-19-8)11(4-5-27(3,23)24)20-6-9-12(17-18-13(9)21)10(7-20)15(22)25-2/h6-7,11H,4-5H2,1-3H3,(H,18,21)/t11-/m0/s1. The number of pyridine rings is 1. The van der Waals surface area contributed by atoms with E-state index in [9.17, 15) is 18.0 Å². The first kappa shape index (κ1) is 18.8. The normalized spacial score (nSPS) is 13.0. The Balaban J connectivity index is 2.17. The van der Waals surface area contributed by atoms with Crippen LogP contribution in [0.25, 0.3) is 11.3 Å². The number of aryl methyl sites for hydroxylation is 1. The van der Waals surface area contributed by atoms with E-state index < -0.39 is 27.4 Å². The maximum Gasteiger partial charge on any atom is 0.341 e. The highest BCUT2D eigenvalue weighted by molar-refractivity contribution is 7.90. The number of esters is 1. The number of ether oxygens (including phenoxy) is 1. The molecule has 1 aromatic rings. The molecule has 1 N–H and O–H groups in total. The molecular formula is C15H17N5O6S. The minimum Gasteiger partial charge on any atom is -0.465 e. The van der Waals surface area contributed by atoms with Crippen LogP contribution in [0, 0.1) is 6.92 Å². The van der Waals surface area contributed by atoms with Gasteiger partial charge in [-0.15, -0.1) is 0 Å². The molecule has 144 valence electrons. The third-order valence-corrected chi connectivity index (χ3v) is 4.91. The molecule has 0 aliphatic carbocycles. The largest absolute Gasteiger partial charge is 0.465 e. The summed E-state index contributed by atoms with van der Waals surface area (Å²) >= 11 is 0. The lowest BCUT2D eigenvalue weighted by molar-refractivity contribution is 0.0600. The van der Waals surface area contributed by atoms with E-state index >= 15 is 0 Å². The molecular weight excluding hydrogens is 378 g/mol. The molecule has 3 rings (SSSR count). The summed E-state index contributed by atoms with van der Waals surface area (Å²) in [6.45, 7) is 1.63. The minimum atomic E-state index is -3.27. The van der Waals surface area contributed by atoms with Crippen molar-refractivity contribution in [2.24, 2.45) is 0 Å². The average Bonchev–Trinajstić information content (AvgIpc) is 3.19. The van der Waals surface area contributed by atoms with E-state index in [0.717, 1.165) is 6.26 Å². The molecule has 0 unspecified atom stereocenters. The smallest absolute Gasteiger partial charge is 0.341 e. The zero-order valence-corrected chi connectivity index (χ0v) is 15.6. The summed E-state index contributed by atoms with van der Waals surface area (Å²) in [5.74, 6) is -0.318. The number of carbonyl (C=O) groups excluding carboxylic acids is 1. The second-order valence-electron chi connectivity index (χ2n) is 6.04. The molecule has 2 aliphatic rings. The van der Waals surface area contributed by atoms with Crippen molar-refractivity contribution in [3.05, 3.63) is 40.0 Å². The van der Waals surface area contributed by atoms with E-state index in [0.29, 0.717) is 5.82 Å². The van der Waals surface area contributed by atoms with E-state index in [-0.39, 0.29) is 34.9 Å². The molecule has 3 heterocycles. The summed E-state index contributed by atoms with van der Waals surface area (Å²) in [6.07, 6.45) is 4.09. The number of methoxy groups -OCH3 is 1. The number of nitrogens with one attached hydrogen (secondary N) is 1. The Kier molecular flexibility index (Phi) is 4.83. The van der Waals surface area contributed by atoms with Gasteiger partial charge in [0.05, 0.1) is 18.4 Å². The number of aromatic nitrogens is 5. The Morgan fingerprint density at radius 1 is 1.41 bits per heavy atom. The van der Waals surface area contributed by atoms with Gasteiger partial charge in [0.1, 0.15) is 27.1 Å². The van der Waals surface area contributed by atoms with Gasteiger partial charge in [-0.25, -0.2) is 18.3 Å². The maximum atomic E-state index is 12.1. The molecule has 1 atom stereocenters. The Morgan fingerprint density at radius 3 is 2.74 bits per heavy atom. The van der Waals surface area contributed by atoms with Gasteiger partial charge in [0.2, 0.25) is 5.89 Å². The predicted octanol–water partition coefficient (Wildman–Crippen LogP) is 0.178. The molecule has 11 nitrogen and oxygen atoms in total. The number of carbonyl (C=O) groups is 1. The second-order valence-corrected chi connectivity index (χ2v) is 8.30. The molecule has 27 heavy (non-hydrogen) atoms. The van der Waals surface area contributed by atoms with Crippen molar-refractivity contribution in [1.29, 1.82) is 0 Å². The SMILES string of the molecule is COC(=O)c1cn([C@@H](CCS(C)(=O)=O)c2nc(C)no2)cc2c(=O)[nH]nc1-2. The topological polar surface area (TPSA) is 150 Å². The van der Waals surface area contributed by atoms with Crippen LogP contribution in [0.15, 0.2) is 21.7 Å². The highest BCUT2D eigenvalue weighted by Gasteiger charge is 2.27. The van der Waals surface area contributed by atoms with Crippen LogP contribution in [0.5, 0.6) is 0 Å². The van der Waals surface area contributed by atoms with Crippen molar-refractivity contribution in [2.45, 2.75) is 19.4 Å². The van der Waals surface area contributed by atoms with Crippen molar-refractivity contribution in [3.63, 3.8) is 0 Å². The number of H-pyrrole nitrogens is 1. The van der Waals surface area contributed by atoms with Gasteiger partial charge >= 0.3 is 5.97 Å². The highest BCUT2D eigenvalue weighted by Crippen LogP contribution is 2.27. The zero-order valence-electron chi connectivity index (χ0n) is 14.8. The van der Waals surface area contributed by atoms with E-state index in [4.69, 9.17) is 9.26 Å². The third kappa shape index (κ3) is 3.89. The Bertz CT molecular complexity index is 1110. The van der Waals surface area contributed by atoms with Gasteiger partial charge < -0.3 is 13.8 Å². The van der Waals surface area contributed by atoms with Gasteiger partial charge in [-0.1, -0.05) is 5.16 Å². The summed E-state index contributed by atoms with van der Waals surface area (Å²) in [5, 5.41) is 9.87. The van der Waals surface area contributed by atoms with Gasteiger partial charge in [-0.2, -0.15) is 10.1 Å². The van der Waals surface area contributed by atoms with Crippen LogP contribution < -0.4 is 5.56 Å². The molecule has 12 heteroatoms. The van der Waals surface area contributed by atoms with Gasteiger partial charge in [0.15, 0.2) is 5.82 Å². The lowest BCUT2D eigenvalue weighted by atomic mass is 10.1. The van der Waals surface area contributed by atoms with E-state index in [1.54, 1.807) is 6.92 Å². The highest BCUT2D eigenvalue weighted by atomic mass is 32.2. The zero-order chi connectivity index (χ0) is 19.8. The maximum absolute atomic E-state index is 12.1. The minimum absolute atomic E-state index is 0.0499. The predicted molar refractivity (Wildman–Crippen MR) is 92.3 cm³/mol. The Morgan fingerprint density at radius 2 is 2.15 bits per heavy atom. The summed E-state index contributed by atoms with van der Waals surface area (Å²) in [5.41, 5.74) is -0.132. The van der Waals surface area contributed by atoms with Crippen molar-refractivity contribution in [1.82, 2.24) is 24.9 Å². The number of aromatic amines is 1. The van der Waals surface area contributed by atoms with E-state index in [1.165, 1.54) is 24.1 Å². The third-order valence-electron chi connectivity index (χ3n) is 3.94. The molecule has 0 amide bonds.